The van der Waals surface area contributed by atoms with Gasteiger partial charge in [0.15, 0.2) is 0 Å². The molecular formula is C13H25N3O. The number of nitrogens with one attached hydrogen (secondary N) is 2. The third-order valence-electron chi connectivity index (χ3n) is 4.16. The number of hydrogen-bond acceptors (Lipinski definition) is 3. The van der Waals surface area contributed by atoms with Crippen LogP contribution in [0.15, 0.2) is 0 Å². The van der Waals surface area contributed by atoms with Crippen LogP contribution in [0.1, 0.15) is 38.5 Å². The summed E-state index contributed by atoms with van der Waals surface area (Å²) in [5, 5.41) is 6.44. The Hall–Kier alpha value is -0.610. The molecule has 0 atom stereocenters. The molecule has 0 aliphatic heterocycles. The van der Waals surface area contributed by atoms with E-state index >= 15 is 0 Å². The Morgan fingerprint density at radius 2 is 2.06 bits per heavy atom. The smallest absolute Gasteiger partial charge is 0.221 e. The molecule has 0 radical (unpaired) electrons. The largest absolute Gasteiger partial charge is 0.353 e. The van der Waals surface area contributed by atoms with Crippen molar-refractivity contribution in [2.75, 3.05) is 27.2 Å². The first-order valence-electron chi connectivity index (χ1n) is 6.80. The number of carbonyl (C=O) groups is 1. The molecule has 0 aromatic heterocycles. The molecule has 2 rings (SSSR count). The maximum absolute atomic E-state index is 11.5. The van der Waals surface area contributed by atoms with Gasteiger partial charge >= 0.3 is 0 Å². The van der Waals surface area contributed by atoms with Crippen molar-refractivity contribution in [2.45, 2.75) is 50.1 Å². The summed E-state index contributed by atoms with van der Waals surface area (Å²) in [6, 6.07) is 0.488. The molecule has 0 heterocycles. The lowest BCUT2D eigenvalue weighted by atomic mass is 9.75. The zero-order valence-electron chi connectivity index (χ0n) is 11.1. The van der Waals surface area contributed by atoms with E-state index in [0.717, 1.165) is 13.1 Å². The highest BCUT2D eigenvalue weighted by Crippen LogP contribution is 2.35. The highest BCUT2D eigenvalue weighted by Gasteiger charge is 2.38. The third-order valence-corrected chi connectivity index (χ3v) is 4.16. The minimum Gasteiger partial charge on any atom is -0.353 e. The molecule has 1 amide bonds. The SMILES string of the molecule is CN(C)C1(CNCCC(=O)NC2CC2)CCC1. The highest BCUT2D eigenvalue weighted by molar-refractivity contribution is 5.76. The molecule has 0 unspecified atom stereocenters. The monoisotopic (exact) mass is 239 g/mol. The average molecular weight is 239 g/mol. The first kappa shape index (κ1) is 12.8. The van der Waals surface area contributed by atoms with Gasteiger partial charge in [0.25, 0.3) is 0 Å². The summed E-state index contributed by atoms with van der Waals surface area (Å²) in [5.74, 6) is 0.201. The van der Waals surface area contributed by atoms with Crippen LogP contribution in [-0.2, 0) is 4.79 Å². The van der Waals surface area contributed by atoms with E-state index in [0.29, 0.717) is 18.0 Å². The van der Waals surface area contributed by atoms with E-state index in [9.17, 15) is 4.79 Å². The lowest BCUT2D eigenvalue weighted by Crippen LogP contribution is -2.56. The molecule has 2 N–H and O–H groups in total. The summed E-state index contributed by atoms with van der Waals surface area (Å²) in [6.07, 6.45) is 6.84. The maximum atomic E-state index is 11.5. The standard InChI is InChI=1S/C13H25N3O/c1-16(2)13(7-3-8-13)10-14-9-6-12(17)15-11-4-5-11/h11,14H,3-10H2,1-2H3,(H,15,17). The molecule has 2 saturated carbocycles. The quantitative estimate of drug-likeness (QED) is 0.644. The van der Waals surface area contributed by atoms with Crippen LogP contribution < -0.4 is 10.6 Å². The van der Waals surface area contributed by atoms with Gasteiger partial charge in [-0.15, -0.1) is 0 Å². The zero-order valence-corrected chi connectivity index (χ0v) is 11.1. The summed E-state index contributed by atoms with van der Waals surface area (Å²) < 4.78 is 0. The van der Waals surface area contributed by atoms with Gasteiger partial charge in [-0.05, 0) is 46.2 Å². The summed E-state index contributed by atoms with van der Waals surface area (Å²) in [5.41, 5.74) is 0.354. The summed E-state index contributed by atoms with van der Waals surface area (Å²) in [6.45, 7) is 1.81. The van der Waals surface area contributed by atoms with Crippen molar-refractivity contribution in [1.82, 2.24) is 15.5 Å². The summed E-state index contributed by atoms with van der Waals surface area (Å²) >= 11 is 0. The molecule has 98 valence electrons. The fraction of sp³-hybridized carbons (Fsp3) is 0.923. The van der Waals surface area contributed by atoms with Crippen LogP contribution in [0.4, 0.5) is 0 Å². The molecule has 0 bridgehead atoms. The van der Waals surface area contributed by atoms with Crippen LogP contribution >= 0.6 is 0 Å². The lowest BCUT2D eigenvalue weighted by Gasteiger charge is -2.47. The van der Waals surface area contributed by atoms with Crippen molar-refractivity contribution < 1.29 is 4.79 Å². The normalized spacial score (nSPS) is 22.3. The average Bonchev–Trinajstić information content (AvgIpc) is 2.98. The van der Waals surface area contributed by atoms with Gasteiger partial charge in [0.05, 0.1) is 0 Å². The van der Waals surface area contributed by atoms with Crippen molar-refractivity contribution in [3.8, 4) is 0 Å². The fourth-order valence-corrected chi connectivity index (χ4v) is 2.42. The second-order valence-corrected chi connectivity index (χ2v) is 5.74. The second-order valence-electron chi connectivity index (χ2n) is 5.74. The molecule has 2 aliphatic rings. The van der Waals surface area contributed by atoms with E-state index in [2.05, 4.69) is 29.6 Å². The predicted octanol–water partition coefficient (Wildman–Crippen LogP) is 0.729. The number of carbonyl (C=O) groups excluding carboxylic acids is 1. The Balaban J connectivity index is 1.57. The van der Waals surface area contributed by atoms with Gasteiger partial charge in [0.1, 0.15) is 0 Å². The van der Waals surface area contributed by atoms with Crippen LogP contribution in [0.3, 0.4) is 0 Å². The minimum absolute atomic E-state index is 0.201. The zero-order chi connectivity index (χ0) is 12.3. The van der Waals surface area contributed by atoms with Gasteiger partial charge in [-0.25, -0.2) is 0 Å². The Morgan fingerprint density at radius 1 is 1.35 bits per heavy atom. The molecule has 2 aliphatic carbocycles. The Kier molecular flexibility index (Phi) is 4.05. The topological polar surface area (TPSA) is 44.4 Å². The molecule has 0 aromatic carbocycles. The van der Waals surface area contributed by atoms with Crippen molar-refractivity contribution in [3.05, 3.63) is 0 Å². The molecule has 0 saturated heterocycles. The summed E-state index contributed by atoms with van der Waals surface area (Å²) in [7, 11) is 4.31. The second kappa shape index (κ2) is 5.36. The molecule has 0 spiro atoms. The Bertz CT molecular complexity index is 270. The van der Waals surface area contributed by atoms with E-state index in [1.54, 1.807) is 0 Å². The molecule has 17 heavy (non-hydrogen) atoms. The molecule has 2 fully saturated rings. The Morgan fingerprint density at radius 3 is 2.53 bits per heavy atom. The van der Waals surface area contributed by atoms with Crippen molar-refractivity contribution in [1.29, 1.82) is 0 Å². The Labute approximate surface area is 104 Å². The van der Waals surface area contributed by atoms with E-state index in [1.165, 1.54) is 32.1 Å². The molecule has 4 heteroatoms. The number of nitrogens with zero attached hydrogens (tertiary/aromatic N) is 1. The molecular weight excluding hydrogens is 214 g/mol. The number of hydrogen-bond donors (Lipinski definition) is 2. The lowest BCUT2D eigenvalue weighted by molar-refractivity contribution is -0.121. The van der Waals surface area contributed by atoms with Gasteiger partial charge in [-0.1, -0.05) is 0 Å². The number of amides is 1. The molecule has 0 aromatic rings. The van der Waals surface area contributed by atoms with Crippen molar-refractivity contribution in [3.63, 3.8) is 0 Å². The highest BCUT2D eigenvalue weighted by atomic mass is 16.1. The number of rotatable bonds is 7. The van der Waals surface area contributed by atoms with Gasteiger partial charge < -0.3 is 15.5 Å². The first-order valence-corrected chi connectivity index (χ1v) is 6.80. The van der Waals surface area contributed by atoms with Crippen LogP contribution in [0.5, 0.6) is 0 Å². The van der Waals surface area contributed by atoms with E-state index < -0.39 is 0 Å². The van der Waals surface area contributed by atoms with Crippen LogP contribution in [0.2, 0.25) is 0 Å². The van der Waals surface area contributed by atoms with E-state index in [4.69, 9.17) is 0 Å². The van der Waals surface area contributed by atoms with E-state index in [1.807, 2.05) is 0 Å². The predicted molar refractivity (Wildman–Crippen MR) is 68.9 cm³/mol. The van der Waals surface area contributed by atoms with Gasteiger partial charge in [-0.2, -0.15) is 0 Å². The fourth-order valence-electron chi connectivity index (χ4n) is 2.42. The van der Waals surface area contributed by atoms with E-state index in [-0.39, 0.29) is 5.91 Å². The summed E-state index contributed by atoms with van der Waals surface area (Å²) in [4.78, 5) is 13.8. The van der Waals surface area contributed by atoms with Crippen molar-refractivity contribution in [2.24, 2.45) is 0 Å². The third kappa shape index (κ3) is 3.42. The van der Waals surface area contributed by atoms with Crippen LogP contribution in [0, 0.1) is 0 Å². The van der Waals surface area contributed by atoms with Crippen LogP contribution in [-0.4, -0.2) is 49.6 Å². The van der Waals surface area contributed by atoms with Gasteiger partial charge in [0, 0.05) is 31.1 Å². The van der Waals surface area contributed by atoms with Crippen molar-refractivity contribution >= 4 is 5.91 Å². The van der Waals surface area contributed by atoms with Gasteiger partial charge in [0.2, 0.25) is 5.91 Å². The number of likely N-dealkylation sites (N-methyl/N-ethyl adjacent to an activating group) is 1. The van der Waals surface area contributed by atoms with Gasteiger partial charge in [-0.3, -0.25) is 4.79 Å². The maximum Gasteiger partial charge on any atom is 0.221 e. The molecule has 4 nitrogen and oxygen atoms in total. The van der Waals surface area contributed by atoms with Crippen LogP contribution in [0.25, 0.3) is 0 Å². The first-order chi connectivity index (χ1) is 8.12. The minimum atomic E-state index is 0.201.